The van der Waals surface area contributed by atoms with Crippen molar-refractivity contribution >= 4 is 40.6 Å². The number of benzene rings is 1. The summed E-state index contributed by atoms with van der Waals surface area (Å²) in [5.41, 5.74) is 1.40. The van der Waals surface area contributed by atoms with Gasteiger partial charge >= 0.3 is 4.87 Å². The zero-order chi connectivity index (χ0) is 15.4. The van der Waals surface area contributed by atoms with Gasteiger partial charge in [0.1, 0.15) is 0 Å². The summed E-state index contributed by atoms with van der Waals surface area (Å²) in [6.45, 7) is 2.03. The number of aromatic amines is 1. The third-order valence-corrected chi connectivity index (χ3v) is 5.70. The minimum atomic E-state index is -0.160. The first kappa shape index (κ1) is 16.4. The number of aromatic nitrogens is 1. The van der Waals surface area contributed by atoms with Gasteiger partial charge in [-0.15, -0.1) is 23.5 Å². The summed E-state index contributed by atoms with van der Waals surface area (Å²) < 4.78 is 0. The minimum Gasteiger partial charge on any atom is -0.316 e. The van der Waals surface area contributed by atoms with Crippen LogP contribution in [0.2, 0.25) is 0 Å². The lowest BCUT2D eigenvalue weighted by molar-refractivity contribution is 0.104. The molecule has 0 atom stereocenters. The zero-order valence-electron chi connectivity index (χ0n) is 12.2. The maximum absolute atomic E-state index is 12.7. The highest BCUT2D eigenvalue weighted by Gasteiger charge is 2.18. The molecule has 3 nitrogen and oxygen atoms in total. The number of hydrogen-bond donors (Lipinski definition) is 1. The van der Waals surface area contributed by atoms with Gasteiger partial charge in [-0.05, 0) is 37.1 Å². The molecule has 1 heterocycles. The normalized spacial score (nSPS) is 10.8. The van der Waals surface area contributed by atoms with Crippen LogP contribution in [-0.2, 0) is 6.42 Å². The molecule has 21 heavy (non-hydrogen) atoms. The summed E-state index contributed by atoms with van der Waals surface area (Å²) >= 11 is 4.30. The predicted molar refractivity (Wildman–Crippen MR) is 92.4 cm³/mol. The Morgan fingerprint density at radius 3 is 2.57 bits per heavy atom. The van der Waals surface area contributed by atoms with Gasteiger partial charge in [0.15, 0.2) is 0 Å². The lowest BCUT2D eigenvalue weighted by Gasteiger charge is -2.07. The number of nitrogens with one attached hydrogen (secondary N) is 1. The maximum Gasteiger partial charge on any atom is 0.305 e. The van der Waals surface area contributed by atoms with E-state index in [0.29, 0.717) is 10.4 Å². The fourth-order valence-electron chi connectivity index (χ4n) is 2.08. The Labute approximate surface area is 136 Å². The van der Waals surface area contributed by atoms with E-state index in [1.54, 1.807) is 23.5 Å². The molecule has 2 rings (SSSR count). The van der Waals surface area contributed by atoms with Crippen LogP contribution in [-0.4, -0.2) is 23.3 Å². The summed E-state index contributed by atoms with van der Waals surface area (Å²) in [5.74, 6) is -0.0650. The van der Waals surface area contributed by atoms with Crippen LogP contribution in [0.25, 0.3) is 0 Å². The highest BCUT2D eigenvalue weighted by Crippen LogP contribution is 2.30. The van der Waals surface area contributed by atoms with Crippen molar-refractivity contribution in [2.24, 2.45) is 0 Å². The third kappa shape index (κ3) is 3.62. The molecule has 0 aliphatic heterocycles. The highest BCUT2D eigenvalue weighted by atomic mass is 32.2. The Morgan fingerprint density at radius 2 is 1.95 bits per heavy atom. The second-order valence-electron chi connectivity index (χ2n) is 4.47. The standard InChI is InChI=1S/C15H17NO2S3/c1-4-5-10-14(21-15(18)16-10)13(17)9-6-7-11(19-2)12(8-9)20-3/h6-8H,4-5H2,1-3H3,(H,16,18). The van der Waals surface area contributed by atoms with Crippen LogP contribution in [0.3, 0.4) is 0 Å². The smallest absolute Gasteiger partial charge is 0.305 e. The van der Waals surface area contributed by atoms with E-state index in [9.17, 15) is 9.59 Å². The Bertz CT molecular complexity index is 703. The van der Waals surface area contributed by atoms with Gasteiger partial charge in [-0.1, -0.05) is 24.7 Å². The van der Waals surface area contributed by atoms with Gasteiger partial charge in [-0.2, -0.15) is 0 Å². The van der Waals surface area contributed by atoms with Crippen LogP contribution in [0.4, 0.5) is 0 Å². The number of ketones is 1. The fourth-order valence-corrected chi connectivity index (χ4v) is 4.40. The summed E-state index contributed by atoms with van der Waals surface area (Å²) in [6, 6.07) is 5.73. The number of carbonyl (C=O) groups is 1. The third-order valence-electron chi connectivity index (χ3n) is 3.07. The van der Waals surface area contributed by atoms with Crippen molar-refractivity contribution in [3.8, 4) is 0 Å². The SMILES string of the molecule is CCCc1[nH]c(=O)sc1C(=O)c1ccc(SC)c(SC)c1. The molecule has 0 aliphatic carbocycles. The molecule has 0 bridgehead atoms. The van der Waals surface area contributed by atoms with Crippen molar-refractivity contribution < 1.29 is 4.79 Å². The van der Waals surface area contributed by atoms with Gasteiger partial charge in [0, 0.05) is 21.0 Å². The molecule has 0 aliphatic rings. The monoisotopic (exact) mass is 339 g/mol. The van der Waals surface area contributed by atoms with E-state index < -0.39 is 0 Å². The molecule has 0 saturated carbocycles. The van der Waals surface area contributed by atoms with Gasteiger partial charge < -0.3 is 4.98 Å². The van der Waals surface area contributed by atoms with Crippen LogP contribution in [0.5, 0.6) is 0 Å². The lowest BCUT2D eigenvalue weighted by atomic mass is 10.1. The summed E-state index contributed by atoms with van der Waals surface area (Å²) in [5, 5.41) is 0. The molecule has 112 valence electrons. The molecular weight excluding hydrogens is 322 g/mol. The Morgan fingerprint density at radius 1 is 1.24 bits per heavy atom. The van der Waals surface area contributed by atoms with Gasteiger partial charge in [0.05, 0.1) is 4.88 Å². The van der Waals surface area contributed by atoms with E-state index in [1.807, 2.05) is 37.6 Å². The molecule has 1 aromatic heterocycles. The van der Waals surface area contributed by atoms with Crippen LogP contribution < -0.4 is 4.87 Å². The van der Waals surface area contributed by atoms with Gasteiger partial charge in [0.2, 0.25) is 5.78 Å². The van der Waals surface area contributed by atoms with Crippen molar-refractivity contribution in [1.29, 1.82) is 0 Å². The number of H-pyrrole nitrogens is 1. The van der Waals surface area contributed by atoms with Gasteiger partial charge in [-0.25, -0.2) is 0 Å². The van der Waals surface area contributed by atoms with Crippen molar-refractivity contribution in [2.75, 3.05) is 12.5 Å². The number of rotatable bonds is 6. The quantitative estimate of drug-likeness (QED) is 0.637. The molecule has 0 unspecified atom stereocenters. The Hall–Kier alpha value is -0.980. The average molecular weight is 340 g/mol. The van der Waals surface area contributed by atoms with Crippen molar-refractivity contribution in [1.82, 2.24) is 4.98 Å². The first-order valence-corrected chi connectivity index (χ1v) is 9.86. The zero-order valence-corrected chi connectivity index (χ0v) is 14.6. The molecule has 2 aromatic rings. The second kappa shape index (κ2) is 7.33. The molecule has 1 N–H and O–H groups in total. The number of carbonyl (C=O) groups excluding carboxylic acids is 1. The van der Waals surface area contributed by atoms with E-state index in [-0.39, 0.29) is 10.7 Å². The summed E-state index contributed by atoms with van der Waals surface area (Å²) in [4.78, 5) is 29.6. The fraction of sp³-hybridized carbons (Fsp3) is 0.333. The van der Waals surface area contributed by atoms with Gasteiger partial charge in [0.25, 0.3) is 0 Å². The minimum absolute atomic E-state index is 0.0650. The molecule has 0 radical (unpaired) electrons. The number of thiazole rings is 1. The lowest BCUT2D eigenvalue weighted by Crippen LogP contribution is -2.03. The summed E-state index contributed by atoms with van der Waals surface area (Å²) in [7, 11) is 0. The van der Waals surface area contributed by atoms with E-state index in [1.165, 1.54) is 0 Å². The molecule has 0 amide bonds. The van der Waals surface area contributed by atoms with Crippen molar-refractivity contribution in [3.05, 3.63) is 44.0 Å². The molecule has 0 saturated heterocycles. The van der Waals surface area contributed by atoms with Crippen LogP contribution in [0.15, 0.2) is 32.8 Å². The first-order chi connectivity index (χ1) is 10.1. The van der Waals surface area contributed by atoms with Crippen molar-refractivity contribution in [3.63, 3.8) is 0 Å². The van der Waals surface area contributed by atoms with E-state index in [2.05, 4.69) is 4.98 Å². The number of hydrogen-bond acceptors (Lipinski definition) is 5. The molecule has 1 aromatic carbocycles. The summed E-state index contributed by atoms with van der Waals surface area (Å²) in [6.07, 6.45) is 5.64. The van der Waals surface area contributed by atoms with Crippen LogP contribution in [0.1, 0.15) is 34.3 Å². The molecule has 0 fully saturated rings. The molecule has 0 spiro atoms. The molecule has 6 heteroatoms. The first-order valence-electron chi connectivity index (χ1n) is 6.59. The van der Waals surface area contributed by atoms with E-state index >= 15 is 0 Å². The number of thioether (sulfide) groups is 2. The van der Waals surface area contributed by atoms with E-state index in [4.69, 9.17) is 0 Å². The van der Waals surface area contributed by atoms with Crippen LogP contribution >= 0.6 is 34.9 Å². The predicted octanol–water partition coefficient (Wildman–Crippen LogP) is 4.06. The second-order valence-corrected chi connectivity index (χ2v) is 7.15. The largest absolute Gasteiger partial charge is 0.316 e. The maximum atomic E-state index is 12.7. The van der Waals surface area contributed by atoms with Crippen LogP contribution in [0, 0.1) is 0 Å². The highest BCUT2D eigenvalue weighted by molar-refractivity contribution is 8.01. The Kier molecular flexibility index (Phi) is 5.72. The topological polar surface area (TPSA) is 49.9 Å². The number of aryl methyl sites for hydroxylation is 1. The van der Waals surface area contributed by atoms with E-state index in [0.717, 1.165) is 39.7 Å². The Balaban J connectivity index is 2.42. The molecular formula is C15H17NO2S3. The van der Waals surface area contributed by atoms with Gasteiger partial charge in [-0.3, -0.25) is 9.59 Å². The van der Waals surface area contributed by atoms with Crippen molar-refractivity contribution in [2.45, 2.75) is 29.6 Å². The average Bonchev–Trinajstić information content (AvgIpc) is 2.86.